The molecule has 0 amide bonds. The molecule has 1 aliphatic rings. The number of ether oxygens (including phenoxy) is 1. The van der Waals surface area contributed by atoms with E-state index in [9.17, 15) is 4.39 Å². The SMILES string of the molecule is CCCNC(Cc1ccc(F)c(Br)c1)C1CCOCC1. The Morgan fingerprint density at radius 1 is 1.40 bits per heavy atom. The molecule has 112 valence electrons. The molecule has 0 spiro atoms. The van der Waals surface area contributed by atoms with E-state index in [-0.39, 0.29) is 5.82 Å². The minimum Gasteiger partial charge on any atom is -0.381 e. The quantitative estimate of drug-likeness (QED) is 0.844. The Labute approximate surface area is 129 Å². The van der Waals surface area contributed by atoms with Gasteiger partial charge in [-0.2, -0.15) is 0 Å². The van der Waals surface area contributed by atoms with Gasteiger partial charge in [-0.3, -0.25) is 0 Å². The van der Waals surface area contributed by atoms with Crippen LogP contribution in [-0.2, 0) is 11.2 Å². The summed E-state index contributed by atoms with van der Waals surface area (Å²) in [7, 11) is 0. The molecule has 0 aromatic heterocycles. The van der Waals surface area contributed by atoms with Crippen LogP contribution in [0, 0.1) is 11.7 Å². The van der Waals surface area contributed by atoms with Gasteiger partial charge in [0, 0.05) is 19.3 Å². The van der Waals surface area contributed by atoms with Crippen LogP contribution in [0.4, 0.5) is 4.39 Å². The van der Waals surface area contributed by atoms with E-state index in [1.54, 1.807) is 6.07 Å². The first-order valence-electron chi connectivity index (χ1n) is 7.45. The molecule has 0 aliphatic carbocycles. The lowest BCUT2D eigenvalue weighted by Crippen LogP contribution is -2.41. The summed E-state index contributed by atoms with van der Waals surface area (Å²) < 4.78 is 19.3. The average molecular weight is 344 g/mol. The summed E-state index contributed by atoms with van der Waals surface area (Å²) in [5.74, 6) is 0.456. The topological polar surface area (TPSA) is 21.3 Å². The van der Waals surface area contributed by atoms with Gasteiger partial charge in [0.15, 0.2) is 0 Å². The van der Waals surface area contributed by atoms with Gasteiger partial charge in [0.05, 0.1) is 4.47 Å². The van der Waals surface area contributed by atoms with Crippen LogP contribution >= 0.6 is 15.9 Å². The highest BCUT2D eigenvalue weighted by Crippen LogP contribution is 2.24. The van der Waals surface area contributed by atoms with E-state index in [1.165, 1.54) is 5.56 Å². The van der Waals surface area contributed by atoms with Gasteiger partial charge < -0.3 is 10.1 Å². The van der Waals surface area contributed by atoms with Crippen LogP contribution < -0.4 is 5.32 Å². The number of nitrogens with one attached hydrogen (secondary N) is 1. The zero-order valence-electron chi connectivity index (χ0n) is 12.0. The summed E-state index contributed by atoms with van der Waals surface area (Å²) in [5.41, 5.74) is 1.18. The Hall–Kier alpha value is -0.450. The van der Waals surface area contributed by atoms with Crippen LogP contribution in [0.2, 0.25) is 0 Å². The Morgan fingerprint density at radius 3 is 2.80 bits per heavy atom. The van der Waals surface area contributed by atoms with Crippen molar-refractivity contribution in [1.82, 2.24) is 5.32 Å². The normalized spacial score (nSPS) is 18.1. The van der Waals surface area contributed by atoms with E-state index in [1.807, 2.05) is 12.1 Å². The smallest absolute Gasteiger partial charge is 0.137 e. The van der Waals surface area contributed by atoms with Gasteiger partial charge in [0.25, 0.3) is 0 Å². The molecule has 1 aliphatic heterocycles. The number of hydrogen-bond acceptors (Lipinski definition) is 2. The van der Waals surface area contributed by atoms with Gasteiger partial charge in [0.2, 0.25) is 0 Å². The second kappa shape index (κ2) is 8.11. The lowest BCUT2D eigenvalue weighted by atomic mass is 9.87. The Morgan fingerprint density at radius 2 is 2.15 bits per heavy atom. The third kappa shape index (κ3) is 4.54. The minimum absolute atomic E-state index is 0.196. The molecule has 1 heterocycles. The number of hydrogen-bond donors (Lipinski definition) is 1. The maximum Gasteiger partial charge on any atom is 0.137 e. The van der Waals surface area contributed by atoms with Gasteiger partial charge in [0.1, 0.15) is 5.82 Å². The molecule has 0 bridgehead atoms. The van der Waals surface area contributed by atoms with Gasteiger partial charge in [-0.05, 0) is 71.8 Å². The van der Waals surface area contributed by atoms with Crippen molar-refractivity contribution >= 4 is 15.9 Å². The molecule has 20 heavy (non-hydrogen) atoms. The largest absolute Gasteiger partial charge is 0.381 e. The standard InChI is InChI=1S/C16H23BrFNO/c1-2-7-19-16(13-5-8-20-9-6-13)11-12-3-4-15(18)14(17)10-12/h3-4,10,13,16,19H,2,5-9,11H2,1H3. The van der Waals surface area contributed by atoms with E-state index < -0.39 is 0 Å². The van der Waals surface area contributed by atoms with Crippen molar-refractivity contribution in [2.45, 2.75) is 38.6 Å². The molecule has 2 rings (SSSR count). The van der Waals surface area contributed by atoms with Gasteiger partial charge in [-0.1, -0.05) is 13.0 Å². The molecular weight excluding hydrogens is 321 g/mol. The number of rotatable bonds is 6. The lowest BCUT2D eigenvalue weighted by Gasteiger charge is -2.31. The Balaban J connectivity index is 2.03. The van der Waals surface area contributed by atoms with E-state index in [2.05, 4.69) is 28.2 Å². The zero-order valence-corrected chi connectivity index (χ0v) is 13.6. The van der Waals surface area contributed by atoms with E-state index >= 15 is 0 Å². The summed E-state index contributed by atoms with van der Waals surface area (Å²) in [6.45, 7) is 4.94. The predicted octanol–water partition coefficient (Wildman–Crippen LogP) is 3.93. The van der Waals surface area contributed by atoms with Gasteiger partial charge in [-0.15, -0.1) is 0 Å². The highest BCUT2D eigenvalue weighted by molar-refractivity contribution is 9.10. The van der Waals surface area contributed by atoms with E-state index in [0.717, 1.165) is 45.4 Å². The molecule has 1 unspecified atom stereocenters. The fourth-order valence-electron chi connectivity index (χ4n) is 2.77. The molecule has 1 aromatic rings. The molecule has 0 saturated carbocycles. The third-order valence-corrected chi connectivity index (χ3v) is 4.54. The monoisotopic (exact) mass is 343 g/mol. The van der Waals surface area contributed by atoms with Crippen molar-refractivity contribution < 1.29 is 9.13 Å². The zero-order chi connectivity index (χ0) is 14.4. The molecule has 1 fully saturated rings. The lowest BCUT2D eigenvalue weighted by molar-refractivity contribution is 0.0538. The highest BCUT2D eigenvalue weighted by Gasteiger charge is 2.23. The van der Waals surface area contributed by atoms with Crippen molar-refractivity contribution in [3.63, 3.8) is 0 Å². The average Bonchev–Trinajstić information content (AvgIpc) is 2.48. The minimum atomic E-state index is -0.196. The van der Waals surface area contributed by atoms with Crippen molar-refractivity contribution in [1.29, 1.82) is 0 Å². The molecule has 1 aromatic carbocycles. The van der Waals surface area contributed by atoms with Gasteiger partial charge in [-0.25, -0.2) is 4.39 Å². The first-order chi connectivity index (χ1) is 9.70. The summed E-state index contributed by atoms with van der Waals surface area (Å²) in [5, 5.41) is 3.66. The van der Waals surface area contributed by atoms with Crippen LogP contribution in [-0.4, -0.2) is 25.8 Å². The van der Waals surface area contributed by atoms with Crippen LogP contribution in [0.3, 0.4) is 0 Å². The van der Waals surface area contributed by atoms with Crippen LogP contribution in [0.25, 0.3) is 0 Å². The number of benzene rings is 1. The molecule has 4 heteroatoms. The van der Waals surface area contributed by atoms with E-state index in [4.69, 9.17) is 4.74 Å². The molecule has 0 radical (unpaired) electrons. The van der Waals surface area contributed by atoms with Crippen molar-refractivity contribution in [3.8, 4) is 0 Å². The van der Waals surface area contributed by atoms with Crippen molar-refractivity contribution in [2.24, 2.45) is 5.92 Å². The van der Waals surface area contributed by atoms with Crippen LogP contribution in [0.5, 0.6) is 0 Å². The molecule has 2 nitrogen and oxygen atoms in total. The maximum atomic E-state index is 13.3. The van der Waals surface area contributed by atoms with E-state index in [0.29, 0.717) is 16.4 Å². The molecule has 1 atom stereocenters. The predicted molar refractivity (Wildman–Crippen MR) is 83.4 cm³/mol. The molecular formula is C16H23BrFNO. The van der Waals surface area contributed by atoms with Crippen molar-refractivity contribution in [3.05, 3.63) is 34.1 Å². The summed E-state index contributed by atoms with van der Waals surface area (Å²) >= 11 is 3.27. The third-order valence-electron chi connectivity index (χ3n) is 3.93. The Bertz CT molecular complexity index is 421. The van der Waals surface area contributed by atoms with Crippen molar-refractivity contribution in [2.75, 3.05) is 19.8 Å². The maximum absolute atomic E-state index is 13.3. The fourth-order valence-corrected chi connectivity index (χ4v) is 3.20. The Kier molecular flexibility index (Phi) is 6.46. The first kappa shape index (κ1) is 15.9. The van der Waals surface area contributed by atoms with Crippen LogP contribution in [0.15, 0.2) is 22.7 Å². The second-order valence-electron chi connectivity index (χ2n) is 5.46. The summed E-state index contributed by atoms with van der Waals surface area (Å²) in [4.78, 5) is 0. The van der Waals surface area contributed by atoms with Gasteiger partial charge >= 0.3 is 0 Å². The highest BCUT2D eigenvalue weighted by atomic mass is 79.9. The fraction of sp³-hybridized carbons (Fsp3) is 0.625. The second-order valence-corrected chi connectivity index (χ2v) is 6.32. The summed E-state index contributed by atoms with van der Waals surface area (Å²) in [6.07, 6.45) is 4.31. The number of halogens is 2. The molecule has 1 saturated heterocycles. The van der Waals surface area contributed by atoms with Crippen LogP contribution in [0.1, 0.15) is 31.7 Å². The first-order valence-corrected chi connectivity index (χ1v) is 8.25. The molecule has 1 N–H and O–H groups in total. The summed E-state index contributed by atoms with van der Waals surface area (Å²) in [6, 6.07) is 5.78.